The zero-order chi connectivity index (χ0) is 17.8. The number of carbonyl (C=O) groups is 1. The number of rotatable bonds is 10. The summed E-state index contributed by atoms with van der Waals surface area (Å²) in [6.45, 7) is 3.21. The van der Waals surface area contributed by atoms with Crippen LogP contribution in [0.1, 0.15) is 31.7 Å². The number of terminal acetylenes is 2. The Morgan fingerprint density at radius 2 is 1.83 bits per heavy atom. The summed E-state index contributed by atoms with van der Waals surface area (Å²) in [5.74, 6) is 6.08. The van der Waals surface area contributed by atoms with Crippen molar-refractivity contribution in [3.63, 3.8) is 0 Å². The van der Waals surface area contributed by atoms with Gasteiger partial charge in [0.1, 0.15) is 13.2 Å². The molecule has 128 valence electrons. The second-order valence-corrected chi connectivity index (χ2v) is 5.44. The normalized spacial score (nSPS) is 9.67. The summed E-state index contributed by atoms with van der Waals surface area (Å²) in [5.41, 5.74) is 0.993. The second kappa shape index (κ2) is 11.0. The first-order chi connectivity index (χ1) is 11.6. The molecule has 0 saturated carbocycles. The lowest BCUT2D eigenvalue weighted by molar-refractivity contribution is -0.129. The molecule has 0 aliphatic heterocycles. The van der Waals surface area contributed by atoms with Crippen LogP contribution in [0.4, 0.5) is 0 Å². The first-order valence-electron chi connectivity index (χ1n) is 8.11. The summed E-state index contributed by atoms with van der Waals surface area (Å²) in [4.78, 5) is 13.9. The van der Waals surface area contributed by atoms with Gasteiger partial charge in [-0.3, -0.25) is 4.79 Å². The number of benzene rings is 1. The number of unbranched alkanes of at least 4 members (excludes halogenated alkanes) is 1. The SMILES string of the molecule is C#CCOc1ccc(CCC(=O)N(C)CCCC)cc1OCC#C. The van der Waals surface area contributed by atoms with E-state index in [0.29, 0.717) is 24.3 Å². The lowest BCUT2D eigenvalue weighted by Gasteiger charge is -2.17. The number of hydrogen-bond donors (Lipinski definition) is 0. The van der Waals surface area contributed by atoms with E-state index in [-0.39, 0.29) is 19.1 Å². The number of carbonyl (C=O) groups excluding carboxylic acids is 1. The Morgan fingerprint density at radius 3 is 2.46 bits per heavy atom. The first kappa shape index (κ1) is 19.5. The van der Waals surface area contributed by atoms with Gasteiger partial charge < -0.3 is 14.4 Å². The second-order valence-electron chi connectivity index (χ2n) is 5.44. The monoisotopic (exact) mass is 327 g/mol. The third kappa shape index (κ3) is 6.67. The Labute approximate surface area is 145 Å². The van der Waals surface area contributed by atoms with E-state index in [0.717, 1.165) is 24.9 Å². The molecule has 1 rings (SSSR count). The Kier molecular flexibility index (Phi) is 8.94. The standard InChI is InChI=1S/C20H25NO3/c1-5-8-13-21(4)20(22)12-10-17-9-11-18(23-14-6-2)19(16-17)24-15-7-3/h2-3,9,11,16H,5,8,10,12-15H2,1,4H3. The van der Waals surface area contributed by atoms with Gasteiger partial charge in [-0.15, -0.1) is 12.8 Å². The Bertz CT molecular complexity index is 610. The van der Waals surface area contributed by atoms with Crippen LogP contribution in [0, 0.1) is 24.7 Å². The molecule has 4 heteroatoms. The maximum Gasteiger partial charge on any atom is 0.222 e. The van der Waals surface area contributed by atoms with Crippen LogP contribution in [0.15, 0.2) is 18.2 Å². The molecular formula is C20H25NO3. The fourth-order valence-corrected chi connectivity index (χ4v) is 2.14. The van der Waals surface area contributed by atoms with E-state index < -0.39 is 0 Å². The van der Waals surface area contributed by atoms with Crippen molar-refractivity contribution in [1.29, 1.82) is 0 Å². The largest absolute Gasteiger partial charge is 0.477 e. The molecule has 0 spiro atoms. The maximum atomic E-state index is 12.1. The van der Waals surface area contributed by atoms with Crippen LogP contribution in [-0.2, 0) is 11.2 Å². The van der Waals surface area contributed by atoms with Gasteiger partial charge in [0.2, 0.25) is 5.91 Å². The Balaban J connectivity index is 2.69. The van der Waals surface area contributed by atoms with E-state index >= 15 is 0 Å². The van der Waals surface area contributed by atoms with Gasteiger partial charge in [0.05, 0.1) is 0 Å². The fourth-order valence-electron chi connectivity index (χ4n) is 2.14. The molecule has 24 heavy (non-hydrogen) atoms. The van der Waals surface area contributed by atoms with Gasteiger partial charge in [-0.2, -0.15) is 0 Å². The van der Waals surface area contributed by atoms with Crippen LogP contribution < -0.4 is 9.47 Å². The van der Waals surface area contributed by atoms with Crippen molar-refractivity contribution in [3.8, 4) is 36.2 Å². The van der Waals surface area contributed by atoms with Crippen molar-refractivity contribution in [2.75, 3.05) is 26.8 Å². The van der Waals surface area contributed by atoms with Crippen LogP contribution in [-0.4, -0.2) is 37.6 Å². The van der Waals surface area contributed by atoms with Crippen molar-refractivity contribution in [3.05, 3.63) is 23.8 Å². The van der Waals surface area contributed by atoms with Crippen molar-refractivity contribution in [2.24, 2.45) is 0 Å². The minimum Gasteiger partial charge on any atom is -0.477 e. The van der Waals surface area contributed by atoms with E-state index in [1.807, 2.05) is 19.2 Å². The van der Waals surface area contributed by atoms with Crippen LogP contribution in [0.3, 0.4) is 0 Å². The smallest absolute Gasteiger partial charge is 0.222 e. The van der Waals surface area contributed by atoms with E-state index in [2.05, 4.69) is 18.8 Å². The van der Waals surface area contributed by atoms with E-state index in [1.54, 1.807) is 11.0 Å². The van der Waals surface area contributed by atoms with Crippen LogP contribution in [0.25, 0.3) is 0 Å². The molecule has 0 bridgehead atoms. The van der Waals surface area contributed by atoms with Gasteiger partial charge in [0, 0.05) is 20.0 Å². The topological polar surface area (TPSA) is 38.8 Å². The average molecular weight is 327 g/mol. The molecule has 0 atom stereocenters. The molecule has 0 fully saturated rings. The van der Waals surface area contributed by atoms with E-state index in [4.69, 9.17) is 22.3 Å². The maximum absolute atomic E-state index is 12.1. The predicted octanol–water partition coefficient (Wildman–Crippen LogP) is 2.90. The highest BCUT2D eigenvalue weighted by Gasteiger charge is 2.11. The minimum absolute atomic E-state index is 0.141. The Morgan fingerprint density at radius 1 is 1.17 bits per heavy atom. The summed E-state index contributed by atoms with van der Waals surface area (Å²) >= 11 is 0. The fraction of sp³-hybridized carbons (Fsp3) is 0.450. The summed E-state index contributed by atoms with van der Waals surface area (Å²) in [6.07, 6.45) is 13.6. The van der Waals surface area contributed by atoms with Crippen molar-refractivity contribution in [1.82, 2.24) is 4.90 Å². The summed E-state index contributed by atoms with van der Waals surface area (Å²) < 4.78 is 10.9. The molecule has 0 heterocycles. The molecule has 0 aromatic heterocycles. The average Bonchev–Trinajstić information content (AvgIpc) is 2.61. The molecular weight excluding hydrogens is 302 g/mol. The number of nitrogens with zero attached hydrogens (tertiary/aromatic N) is 1. The highest BCUT2D eigenvalue weighted by Crippen LogP contribution is 2.29. The molecule has 1 aromatic rings. The quantitative estimate of drug-likeness (QED) is 0.620. The lowest BCUT2D eigenvalue weighted by atomic mass is 10.1. The number of ether oxygens (including phenoxy) is 2. The number of hydrogen-bond acceptors (Lipinski definition) is 3. The van der Waals surface area contributed by atoms with Crippen LogP contribution in [0.2, 0.25) is 0 Å². The predicted molar refractivity (Wildman–Crippen MR) is 96.0 cm³/mol. The van der Waals surface area contributed by atoms with E-state index in [1.165, 1.54) is 0 Å². The molecule has 0 aliphatic carbocycles. The number of amides is 1. The number of aryl methyl sites for hydroxylation is 1. The minimum atomic E-state index is 0.141. The van der Waals surface area contributed by atoms with Gasteiger partial charge in [-0.1, -0.05) is 31.3 Å². The van der Waals surface area contributed by atoms with Crippen molar-refractivity contribution in [2.45, 2.75) is 32.6 Å². The molecule has 4 nitrogen and oxygen atoms in total. The van der Waals surface area contributed by atoms with E-state index in [9.17, 15) is 4.79 Å². The zero-order valence-corrected chi connectivity index (χ0v) is 14.5. The molecule has 1 aromatic carbocycles. The first-order valence-corrected chi connectivity index (χ1v) is 8.11. The zero-order valence-electron chi connectivity index (χ0n) is 14.5. The van der Waals surface area contributed by atoms with Gasteiger partial charge in [-0.05, 0) is 30.5 Å². The molecule has 0 radical (unpaired) electrons. The van der Waals surface area contributed by atoms with Gasteiger partial charge >= 0.3 is 0 Å². The van der Waals surface area contributed by atoms with Gasteiger partial charge in [-0.25, -0.2) is 0 Å². The van der Waals surface area contributed by atoms with Crippen LogP contribution >= 0.6 is 0 Å². The lowest BCUT2D eigenvalue weighted by Crippen LogP contribution is -2.27. The summed E-state index contributed by atoms with van der Waals surface area (Å²) in [7, 11) is 1.84. The highest BCUT2D eigenvalue weighted by molar-refractivity contribution is 5.76. The third-order valence-corrected chi connectivity index (χ3v) is 3.53. The van der Waals surface area contributed by atoms with Crippen molar-refractivity contribution < 1.29 is 14.3 Å². The summed E-state index contributed by atoms with van der Waals surface area (Å²) in [5, 5.41) is 0. The molecule has 1 amide bonds. The molecule has 0 N–H and O–H groups in total. The van der Waals surface area contributed by atoms with Crippen molar-refractivity contribution >= 4 is 5.91 Å². The Hall–Kier alpha value is -2.59. The molecule has 0 aliphatic rings. The van der Waals surface area contributed by atoms with Gasteiger partial charge in [0.15, 0.2) is 11.5 Å². The van der Waals surface area contributed by atoms with Gasteiger partial charge in [0.25, 0.3) is 0 Å². The molecule has 0 unspecified atom stereocenters. The molecule has 0 saturated heterocycles. The highest BCUT2D eigenvalue weighted by atomic mass is 16.5. The van der Waals surface area contributed by atoms with Crippen LogP contribution in [0.5, 0.6) is 11.5 Å². The summed E-state index contributed by atoms with van der Waals surface area (Å²) in [6, 6.07) is 5.56. The third-order valence-electron chi connectivity index (χ3n) is 3.53.